The lowest BCUT2D eigenvalue weighted by atomic mass is 10.1. The third kappa shape index (κ3) is 2.36. The third-order valence-corrected chi connectivity index (χ3v) is 2.68. The van der Waals surface area contributed by atoms with E-state index in [1.165, 1.54) is 12.1 Å². The maximum atomic E-state index is 13.1. The Morgan fingerprint density at radius 1 is 1.41 bits per heavy atom. The first-order valence-electron chi connectivity index (χ1n) is 5.59. The zero-order valence-corrected chi connectivity index (χ0v) is 9.89. The molecule has 0 spiro atoms. The molecule has 90 valence electrons. The molecule has 0 bridgehead atoms. The number of halogens is 1. The van der Waals surface area contributed by atoms with E-state index in [0.717, 1.165) is 5.69 Å². The van der Waals surface area contributed by atoms with Gasteiger partial charge in [-0.05, 0) is 37.6 Å². The van der Waals surface area contributed by atoms with Crippen LogP contribution < -0.4 is 0 Å². The van der Waals surface area contributed by atoms with E-state index in [4.69, 9.17) is 0 Å². The standard InChI is InChI=1S/C13H15FN2O/c1-3-16-12(7-9(2)15-16)13(17)10-5-4-6-11(14)8-10/h4-8,13,17H,3H2,1-2H3. The van der Waals surface area contributed by atoms with Crippen LogP contribution in [-0.2, 0) is 6.54 Å². The van der Waals surface area contributed by atoms with Gasteiger partial charge in [0, 0.05) is 6.54 Å². The quantitative estimate of drug-likeness (QED) is 0.885. The number of aliphatic hydroxyl groups excluding tert-OH is 1. The monoisotopic (exact) mass is 234 g/mol. The molecule has 0 saturated heterocycles. The topological polar surface area (TPSA) is 38.0 Å². The summed E-state index contributed by atoms with van der Waals surface area (Å²) >= 11 is 0. The Balaban J connectivity index is 2.39. The number of rotatable bonds is 3. The number of nitrogens with zero attached hydrogens (tertiary/aromatic N) is 2. The lowest BCUT2D eigenvalue weighted by Gasteiger charge is -2.12. The summed E-state index contributed by atoms with van der Waals surface area (Å²) in [7, 11) is 0. The van der Waals surface area contributed by atoms with Crippen LogP contribution in [0.3, 0.4) is 0 Å². The summed E-state index contributed by atoms with van der Waals surface area (Å²) in [5, 5.41) is 14.5. The average Bonchev–Trinajstić information content (AvgIpc) is 2.69. The predicted molar refractivity (Wildman–Crippen MR) is 63.1 cm³/mol. The van der Waals surface area contributed by atoms with Crippen molar-refractivity contribution in [2.75, 3.05) is 0 Å². The second kappa shape index (κ2) is 4.67. The van der Waals surface area contributed by atoms with Gasteiger partial charge < -0.3 is 5.11 Å². The van der Waals surface area contributed by atoms with E-state index in [0.29, 0.717) is 17.8 Å². The first-order valence-corrected chi connectivity index (χ1v) is 5.59. The van der Waals surface area contributed by atoms with Crippen LogP contribution in [0.25, 0.3) is 0 Å². The SMILES string of the molecule is CCn1nc(C)cc1C(O)c1cccc(F)c1. The van der Waals surface area contributed by atoms with E-state index in [1.807, 2.05) is 19.9 Å². The first-order chi connectivity index (χ1) is 8.11. The van der Waals surface area contributed by atoms with Crippen LogP contribution in [0.1, 0.15) is 30.0 Å². The Kier molecular flexibility index (Phi) is 3.24. The molecular formula is C13H15FN2O. The van der Waals surface area contributed by atoms with Crippen LogP contribution in [0, 0.1) is 12.7 Å². The highest BCUT2D eigenvalue weighted by Crippen LogP contribution is 2.23. The van der Waals surface area contributed by atoms with Gasteiger partial charge in [0.2, 0.25) is 0 Å². The Morgan fingerprint density at radius 3 is 2.82 bits per heavy atom. The number of hydrogen-bond acceptors (Lipinski definition) is 2. The van der Waals surface area contributed by atoms with E-state index in [2.05, 4.69) is 5.10 Å². The van der Waals surface area contributed by atoms with Gasteiger partial charge in [0.05, 0.1) is 11.4 Å². The minimum absolute atomic E-state index is 0.346. The molecule has 0 fully saturated rings. The van der Waals surface area contributed by atoms with Crippen LogP contribution in [-0.4, -0.2) is 14.9 Å². The molecular weight excluding hydrogens is 219 g/mol. The van der Waals surface area contributed by atoms with Crippen LogP contribution in [0.5, 0.6) is 0 Å². The molecule has 1 N–H and O–H groups in total. The third-order valence-electron chi connectivity index (χ3n) is 2.68. The highest BCUT2D eigenvalue weighted by molar-refractivity contribution is 5.27. The number of hydrogen-bond donors (Lipinski definition) is 1. The molecule has 0 aliphatic carbocycles. The zero-order chi connectivity index (χ0) is 12.4. The molecule has 17 heavy (non-hydrogen) atoms. The van der Waals surface area contributed by atoms with Gasteiger partial charge in [0.1, 0.15) is 11.9 Å². The summed E-state index contributed by atoms with van der Waals surface area (Å²) < 4.78 is 14.8. The summed E-state index contributed by atoms with van der Waals surface area (Å²) in [5.74, 6) is -0.346. The second-order valence-electron chi connectivity index (χ2n) is 3.98. The van der Waals surface area contributed by atoms with Crippen molar-refractivity contribution in [3.8, 4) is 0 Å². The van der Waals surface area contributed by atoms with Crippen LogP contribution in [0.2, 0.25) is 0 Å². The lowest BCUT2D eigenvalue weighted by Crippen LogP contribution is -2.09. The highest BCUT2D eigenvalue weighted by Gasteiger charge is 2.16. The maximum Gasteiger partial charge on any atom is 0.123 e. The fourth-order valence-corrected chi connectivity index (χ4v) is 1.89. The molecule has 4 heteroatoms. The fraction of sp³-hybridized carbons (Fsp3) is 0.308. The summed E-state index contributed by atoms with van der Waals surface area (Å²) in [6, 6.07) is 7.81. The molecule has 0 radical (unpaired) electrons. The molecule has 0 aliphatic heterocycles. The largest absolute Gasteiger partial charge is 0.382 e. The molecule has 3 nitrogen and oxygen atoms in total. The molecule has 1 atom stereocenters. The van der Waals surface area contributed by atoms with Crippen LogP contribution in [0.4, 0.5) is 4.39 Å². The summed E-state index contributed by atoms with van der Waals surface area (Å²) in [6.07, 6.45) is -0.841. The van der Waals surface area contributed by atoms with Crippen molar-refractivity contribution < 1.29 is 9.50 Å². The van der Waals surface area contributed by atoms with Crippen LogP contribution >= 0.6 is 0 Å². The van der Waals surface area contributed by atoms with Gasteiger partial charge >= 0.3 is 0 Å². The summed E-state index contributed by atoms with van der Waals surface area (Å²) in [6.45, 7) is 4.50. The Labute approximate surface area is 99.5 Å². The molecule has 0 saturated carbocycles. The van der Waals surface area contributed by atoms with E-state index in [1.54, 1.807) is 16.8 Å². The number of aryl methyl sites for hydroxylation is 2. The van der Waals surface area contributed by atoms with Crippen molar-refractivity contribution >= 4 is 0 Å². The molecule has 2 aromatic rings. The molecule has 2 rings (SSSR count). The summed E-state index contributed by atoms with van der Waals surface area (Å²) in [4.78, 5) is 0. The molecule has 0 aliphatic rings. The van der Waals surface area contributed by atoms with Gasteiger partial charge in [-0.15, -0.1) is 0 Å². The molecule has 1 aromatic carbocycles. The Bertz CT molecular complexity index is 522. The van der Waals surface area contributed by atoms with Gasteiger partial charge in [-0.1, -0.05) is 12.1 Å². The van der Waals surface area contributed by atoms with Crippen molar-refractivity contribution in [3.05, 3.63) is 53.1 Å². The minimum atomic E-state index is -0.841. The molecule has 0 amide bonds. The van der Waals surface area contributed by atoms with E-state index in [-0.39, 0.29) is 5.82 Å². The van der Waals surface area contributed by atoms with Gasteiger partial charge in [-0.25, -0.2) is 4.39 Å². The Hall–Kier alpha value is -1.68. The summed E-state index contributed by atoms with van der Waals surface area (Å²) in [5.41, 5.74) is 2.08. The van der Waals surface area contributed by atoms with Crippen LogP contribution in [0.15, 0.2) is 30.3 Å². The van der Waals surface area contributed by atoms with Crippen molar-refractivity contribution in [3.63, 3.8) is 0 Å². The van der Waals surface area contributed by atoms with Gasteiger partial charge in [0.15, 0.2) is 0 Å². The first kappa shape index (κ1) is 11.8. The number of aliphatic hydroxyl groups is 1. The second-order valence-corrected chi connectivity index (χ2v) is 3.98. The van der Waals surface area contributed by atoms with Crippen molar-refractivity contribution in [1.82, 2.24) is 9.78 Å². The van der Waals surface area contributed by atoms with E-state index < -0.39 is 6.10 Å². The average molecular weight is 234 g/mol. The zero-order valence-electron chi connectivity index (χ0n) is 9.89. The van der Waals surface area contributed by atoms with E-state index in [9.17, 15) is 9.50 Å². The lowest BCUT2D eigenvalue weighted by molar-refractivity contribution is 0.207. The normalized spacial score (nSPS) is 12.7. The van der Waals surface area contributed by atoms with Crippen molar-refractivity contribution in [2.24, 2.45) is 0 Å². The Morgan fingerprint density at radius 2 is 2.18 bits per heavy atom. The smallest absolute Gasteiger partial charge is 0.123 e. The molecule has 1 unspecified atom stereocenters. The fourth-order valence-electron chi connectivity index (χ4n) is 1.89. The van der Waals surface area contributed by atoms with Gasteiger partial charge in [-0.3, -0.25) is 4.68 Å². The van der Waals surface area contributed by atoms with Crippen molar-refractivity contribution in [2.45, 2.75) is 26.5 Å². The van der Waals surface area contributed by atoms with Crippen molar-refractivity contribution in [1.29, 1.82) is 0 Å². The molecule has 1 aromatic heterocycles. The predicted octanol–water partition coefficient (Wildman–Crippen LogP) is 2.43. The molecule has 1 heterocycles. The number of benzene rings is 1. The number of aromatic nitrogens is 2. The van der Waals surface area contributed by atoms with Gasteiger partial charge in [0.25, 0.3) is 0 Å². The minimum Gasteiger partial charge on any atom is -0.382 e. The van der Waals surface area contributed by atoms with E-state index >= 15 is 0 Å². The highest BCUT2D eigenvalue weighted by atomic mass is 19.1. The van der Waals surface area contributed by atoms with Gasteiger partial charge in [-0.2, -0.15) is 5.10 Å². The maximum absolute atomic E-state index is 13.1.